The Bertz CT molecular complexity index is 484. The van der Waals surface area contributed by atoms with Crippen LogP contribution < -0.4 is 10.1 Å². The first-order valence-electron chi connectivity index (χ1n) is 6.24. The van der Waals surface area contributed by atoms with E-state index in [0.717, 1.165) is 11.3 Å². The van der Waals surface area contributed by atoms with Crippen LogP contribution in [0.25, 0.3) is 0 Å². The molecular formula is C14H18ClNO3. The Balaban J connectivity index is 1.93. The number of carbonyl (C=O) groups is 1. The Morgan fingerprint density at radius 3 is 2.84 bits per heavy atom. The van der Waals surface area contributed by atoms with Crippen LogP contribution in [0.2, 0.25) is 5.02 Å². The van der Waals surface area contributed by atoms with E-state index in [1.807, 2.05) is 18.2 Å². The third-order valence-electron chi connectivity index (χ3n) is 3.77. The minimum absolute atomic E-state index is 0.224. The van der Waals surface area contributed by atoms with Crippen LogP contribution in [0.3, 0.4) is 0 Å². The second-order valence-corrected chi connectivity index (χ2v) is 5.68. The average Bonchev–Trinajstić information content (AvgIpc) is 2.33. The normalized spacial score (nSPS) is 25.7. The first-order chi connectivity index (χ1) is 8.96. The lowest BCUT2D eigenvalue weighted by atomic mass is 9.67. The van der Waals surface area contributed by atoms with E-state index in [2.05, 4.69) is 5.32 Å². The fourth-order valence-corrected chi connectivity index (χ4v) is 2.73. The highest BCUT2D eigenvalue weighted by Gasteiger charge is 2.46. The summed E-state index contributed by atoms with van der Waals surface area (Å²) in [6, 6.07) is 5.76. The maximum Gasteiger partial charge on any atom is 0.309 e. The monoisotopic (exact) mass is 283 g/mol. The number of rotatable bonds is 5. The Hall–Kier alpha value is -1.26. The number of nitrogens with one attached hydrogen (secondary N) is 1. The van der Waals surface area contributed by atoms with E-state index in [4.69, 9.17) is 21.4 Å². The zero-order chi connectivity index (χ0) is 14.0. The third kappa shape index (κ3) is 2.85. The largest absolute Gasteiger partial charge is 0.496 e. The summed E-state index contributed by atoms with van der Waals surface area (Å²) in [5, 5.41) is 13.0. The molecule has 1 aliphatic rings. The van der Waals surface area contributed by atoms with Gasteiger partial charge in [0.15, 0.2) is 0 Å². The van der Waals surface area contributed by atoms with Crippen molar-refractivity contribution in [2.75, 3.05) is 7.11 Å². The number of ether oxygens (including phenoxy) is 1. The van der Waals surface area contributed by atoms with E-state index in [1.54, 1.807) is 14.0 Å². The number of aliphatic carboxylic acids is 1. The van der Waals surface area contributed by atoms with Crippen molar-refractivity contribution in [1.29, 1.82) is 0 Å². The summed E-state index contributed by atoms with van der Waals surface area (Å²) >= 11 is 6.15. The molecule has 0 bridgehead atoms. The van der Waals surface area contributed by atoms with Gasteiger partial charge in [0.25, 0.3) is 0 Å². The Kier molecular flexibility index (Phi) is 4.02. The number of hydrogen-bond donors (Lipinski definition) is 2. The topological polar surface area (TPSA) is 58.6 Å². The van der Waals surface area contributed by atoms with Crippen LogP contribution in [0, 0.1) is 5.41 Å². The fraction of sp³-hybridized carbons (Fsp3) is 0.500. The Morgan fingerprint density at radius 2 is 2.26 bits per heavy atom. The van der Waals surface area contributed by atoms with Gasteiger partial charge in [0, 0.05) is 23.2 Å². The zero-order valence-corrected chi connectivity index (χ0v) is 11.8. The molecule has 1 aromatic carbocycles. The molecule has 2 rings (SSSR count). The first kappa shape index (κ1) is 14.2. The minimum Gasteiger partial charge on any atom is -0.496 e. The molecule has 1 fully saturated rings. The van der Waals surface area contributed by atoms with Gasteiger partial charge in [-0.3, -0.25) is 4.79 Å². The van der Waals surface area contributed by atoms with Crippen molar-refractivity contribution >= 4 is 17.6 Å². The second-order valence-electron chi connectivity index (χ2n) is 5.27. The lowest BCUT2D eigenvalue weighted by Crippen LogP contribution is -2.51. The minimum atomic E-state index is -0.721. The number of carboxylic acid groups (broad SMARTS) is 1. The summed E-state index contributed by atoms with van der Waals surface area (Å²) in [6.45, 7) is 2.37. The van der Waals surface area contributed by atoms with Gasteiger partial charge in [0.1, 0.15) is 5.75 Å². The summed E-state index contributed by atoms with van der Waals surface area (Å²) in [5.74, 6) is 0.0289. The van der Waals surface area contributed by atoms with Gasteiger partial charge in [-0.2, -0.15) is 0 Å². The van der Waals surface area contributed by atoms with Gasteiger partial charge < -0.3 is 15.2 Å². The average molecular weight is 284 g/mol. The van der Waals surface area contributed by atoms with Gasteiger partial charge in [-0.25, -0.2) is 0 Å². The van der Waals surface area contributed by atoms with Crippen molar-refractivity contribution in [1.82, 2.24) is 5.32 Å². The molecule has 2 N–H and O–H groups in total. The molecule has 0 heterocycles. The first-order valence-corrected chi connectivity index (χ1v) is 6.62. The quantitative estimate of drug-likeness (QED) is 0.872. The van der Waals surface area contributed by atoms with Gasteiger partial charge in [-0.15, -0.1) is 0 Å². The zero-order valence-electron chi connectivity index (χ0n) is 11.1. The van der Waals surface area contributed by atoms with E-state index in [-0.39, 0.29) is 6.04 Å². The van der Waals surface area contributed by atoms with Crippen LogP contribution in [-0.2, 0) is 11.3 Å². The highest BCUT2D eigenvalue weighted by Crippen LogP contribution is 2.41. The summed E-state index contributed by atoms with van der Waals surface area (Å²) in [4.78, 5) is 11.0. The lowest BCUT2D eigenvalue weighted by molar-refractivity contribution is -0.154. The molecule has 0 atom stereocenters. The summed E-state index contributed by atoms with van der Waals surface area (Å²) in [7, 11) is 1.61. The fourth-order valence-electron chi connectivity index (χ4n) is 2.49. The van der Waals surface area contributed by atoms with Crippen LogP contribution in [0.15, 0.2) is 18.2 Å². The standard InChI is InChI=1S/C14H18ClNO3/c1-14(13(17)18)6-9(7-14)16-8-10-11(15)4-3-5-12(10)19-2/h3-5,9,16H,6-8H2,1-2H3,(H,17,18). The van der Waals surface area contributed by atoms with Gasteiger partial charge in [-0.1, -0.05) is 17.7 Å². The Morgan fingerprint density at radius 1 is 1.58 bits per heavy atom. The molecule has 0 amide bonds. The van der Waals surface area contributed by atoms with E-state index in [0.29, 0.717) is 24.4 Å². The molecule has 1 saturated carbocycles. The van der Waals surface area contributed by atoms with Gasteiger partial charge in [0.05, 0.1) is 12.5 Å². The van der Waals surface area contributed by atoms with Crippen LogP contribution in [0.4, 0.5) is 0 Å². The molecule has 0 spiro atoms. The predicted molar refractivity (Wildman–Crippen MR) is 73.6 cm³/mol. The molecule has 4 nitrogen and oxygen atoms in total. The van der Waals surface area contributed by atoms with Crippen LogP contribution in [-0.4, -0.2) is 24.2 Å². The Labute approximate surface area is 117 Å². The summed E-state index contributed by atoms with van der Waals surface area (Å²) < 4.78 is 5.27. The smallest absolute Gasteiger partial charge is 0.309 e. The molecule has 1 aliphatic carbocycles. The maximum atomic E-state index is 11.0. The van der Waals surface area contributed by atoms with Gasteiger partial charge >= 0.3 is 5.97 Å². The molecule has 0 aromatic heterocycles. The number of methoxy groups -OCH3 is 1. The van der Waals surface area contributed by atoms with Crippen molar-refractivity contribution in [2.45, 2.75) is 32.4 Å². The summed E-state index contributed by atoms with van der Waals surface area (Å²) in [6.07, 6.45) is 1.30. The number of benzene rings is 1. The lowest BCUT2D eigenvalue weighted by Gasteiger charge is -2.42. The second kappa shape index (κ2) is 5.39. The molecule has 0 aliphatic heterocycles. The molecule has 19 heavy (non-hydrogen) atoms. The SMILES string of the molecule is COc1cccc(Cl)c1CNC1CC(C)(C(=O)O)C1. The van der Waals surface area contributed by atoms with Crippen LogP contribution in [0.1, 0.15) is 25.3 Å². The van der Waals surface area contributed by atoms with Crippen LogP contribution >= 0.6 is 11.6 Å². The molecule has 0 radical (unpaired) electrons. The van der Waals surface area contributed by atoms with Gasteiger partial charge in [-0.05, 0) is 31.9 Å². The molecule has 0 unspecified atom stereocenters. The third-order valence-corrected chi connectivity index (χ3v) is 4.13. The van der Waals surface area contributed by atoms with E-state index >= 15 is 0 Å². The number of carboxylic acids is 1. The predicted octanol–water partition coefficient (Wildman–Crippen LogP) is 2.69. The molecule has 5 heteroatoms. The van der Waals surface area contributed by atoms with E-state index in [1.165, 1.54) is 0 Å². The van der Waals surface area contributed by atoms with E-state index < -0.39 is 11.4 Å². The molecule has 104 valence electrons. The van der Waals surface area contributed by atoms with Crippen LogP contribution in [0.5, 0.6) is 5.75 Å². The van der Waals surface area contributed by atoms with E-state index in [9.17, 15) is 4.79 Å². The number of halogens is 1. The molecule has 0 saturated heterocycles. The van der Waals surface area contributed by atoms with Crippen molar-refractivity contribution in [3.63, 3.8) is 0 Å². The molecular weight excluding hydrogens is 266 g/mol. The van der Waals surface area contributed by atoms with Crippen molar-refractivity contribution < 1.29 is 14.6 Å². The van der Waals surface area contributed by atoms with Crippen molar-refractivity contribution in [2.24, 2.45) is 5.41 Å². The van der Waals surface area contributed by atoms with Crippen molar-refractivity contribution in [3.05, 3.63) is 28.8 Å². The maximum absolute atomic E-state index is 11.0. The van der Waals surface area contributed by atoms with Gasteiger partial charge in [0.2, 0.25) is 0 Å². The summed E-state index contributed by atoms with van der Waals surface area (Å²) in [5.41, 5.74) is 0.331. The molecule has 1 aromatic rings. The number of hydrogen-bond acceptors (Lipinski definition) is 3. The highest BCUT2D eigenvalue weighted by atomic mass is 35.5. The highest BCUT2D eigenvalue weighted by molar-refractivity contribution is 6.31. The van der Waals surface area contributed by atoms with Crippen molar-refractivity contribution in [3.8, 4) is 5.75 Å².